The second kappa shape index (κ2) is 10.1. The van der Waals surface area contributed by atoms with Crippen LogP contribution >= 0.6 is 0 Å². The maximum Gasteiger partial charge on any atom is 0.256 e. The molecular weight excluding hydrogens is 464 g/mol. The number of anilines is 1. The Labute approximate surface area is 217 Å². The molecule has 7 nitrogen and oxygen atoms in total. The second-order valence-electron chi connectivity index (χ2n) is 9.89. The minimum absolute atomic E-state index is 0.0402. The van der Waals surface area contributed by atoms with Crippen molar-refractivity contribution in [3.8, 4) is 0 Å². The third-order valence-electron chi connectivity index (χ3n) is 7.33. The minimum Gasteiger partial charge on any atom is -0.358 e. The van der Waals surface area contributed by atoms with Crippen molar-refractivity contribution in [1.29, 1.82) is 0 Å². The van der Waals surface area contributed by atoms with Crippen LogP contribution in [0.3, 0.4) is 0 Å². The molecule has 37 heavy (non-hydrogen) atoms. The first-order valence-corrected chi connectivity index (χ1v) is 12.8. The second-order valence-corrected chi connectivity index (χ2v) is 9.89. The minimum atomic E-state index is -0.235. The van der Waals surface area contributed by atoms with Gasteiger partial charge in [-0.1, -0.05) is 30.3 Å². The molecule has 3 aromatic rings. The first kappa shape index (κ1) is 24.6. The Kier molecular flexibility index (Phi) is 6.70. The van der Waals surface area contributed by atoms with Gasteiger partial charge in [-0.2, -0.15) is 0 Å². The van der Waals surface area contributed by atoms with Crippen LogP contribution in [0.1, 0.15) is 81.0 Å². The molecule has 3 heterocycles. The first-order valence-electron chi connectivity index (χ1n) is 12.8. The number of aryl methyl sites for hydroxylation is 1. The van der Waals surface area contributed by atoms with Crippen LogP contribution in [-0.4, -0.2) is 40.7 Å². The predicted octanol–water partition coefficient (Wildman–Crippen LogP) is 5.24. The smallest absolute Gasteiger partial charge is 0.256 e. The van der Waals surface area contributed by atoms with Crippen molar-refractivity contribution in [3.63, 3.8) is 0 Å². The molecule has 2 aliphatic rings. The van der Waals surface area contributed by atoms with E-state index < -0.39 is 0 Å². The van der Waals surface area contributed by atoms with E-state index in [-0.39, 0.29) is 23.8 Å². The lowest BCUT2D eigenvalue weighted by Gasteiger charge is -2.27. The van der Waals surface area contributed by atoms with Crippen LogP contribution in [0.15, 0.2) is 48.5 Å². The fourth-order valence-electron chi connectivity index (χ4n) is 5.22. The van der Waals surface area contributed by atoms with E-state index >= 15 is 0 Å². The Morgan fingerprint density at radius 1 is 1.03 bits per heavy atom. The molecular formula is C30H32N4O3. The van der Waals surface area contributed by atoms with Crippen molar-refractivity contribution in [3.05, 3.63) is 87.7 Å². The van der Waals surface area contributed by atoms with Gasteiger partial charge in [0.2, 0.25) is 0 Å². The van der Waals surface area contributed by atoms with Crippen LogP contribution < -0.4 is 10.6 Å². The number of hydrogen-bond donors (Lipinski definition) is 3. The van der Waals surface area contributed by atoms with Crippen LogP contribution in [0, 0.1) is 13.8 Å². The number of rotatable bonds is 5. The molecule has 7 heteroatoms. The Hall–Kier alpha value is -4.13. The highest BCUT2D eigenvalue weighted by Gasteiger charge is 2.28. The van der Waals surface area contributed by atoms with E-state index in [9.17, 15) is 14.4 Å². The topological polar surface area (TPSA) is 94.3 Å². The van der Waals surface area contributed by atoms with Crippen LogP contribution in [0.25, 0.3) is 11.6 Å². The van der Waals surface area contributed by atoms with Crippen LogP contribution in [0.4, 0.5) is 5.69 Å². The molecule has 5 rings (SSSR count). The van der Waals surface area contributed by atoms with Gasteiger partial charge in [-0.15, -0.1) is 0 Å². The van der Waals surface area contributed by atoms with Crippen LogP contribution in [-0.2, 0) is 4.79 Å². The summed E-state index contributed by atoms with van der Waals surface area (Å²) in [5.74, 6) is -0.404. The number of hydrogen-bond acceptors (Lipinski definition) is 3. The lowest BCUT2D eigenvalue weighted by Crippen LogP contribution is -2.36. The van der Waals surface area contributed by atoms with Gasteiger partial charge < -0.3 is 20.5 Å². The average molecular weight is 497 g/mol. The van der Waals surface area contributed by atoms with E-state index in [1.807, 2.05) is 56.0 Å². The summed E-state index contributed by atoms with van der Waals surface area (Å²) in [6, 6.07) is 14.8. The van der Waals surface area contributed by atoms with E-state index in [4.69, 9.17) is 0 Å². The Bertz CT molecular complexity index is 1400. The zero-order chi connectivity index (χ0) is 26.1. The van der Waals surface area contributed by atoms with Crippen molar-refractivity contribution in [2.75, 3.05) is 18.4 Å². The number of benzene rings is 2. The number of nitrogens with one attached hydrogen (secondary N) is 3. The molecule has 0 spiro atoms. The number of fused-ring (bicyclic) bond motifs is 1. The third-order valence-corrected chi connectivity index (χ3v) is 7.33. The van der Waals surface area contributed by atoms with E-state index in [1.54, 1.807) is 24.3 Å². The number of carbonyl (C=O) groups excluding carboxylic acids is 3. The summed E-state index contributed by atoms with van der Waals surface area (Å²) >= 11 is 0. The summed E-state index contributed by atoms with van der Waals surface area (Å²) in [6.07, 6.45) is 5.00. The summed E-state index contributed by atoms with van der Waals surface area (Å²) in [5, 5.41) is 5.92. The maximum absolute atomic E-state index is 13.2. The number of carbonyl (C=O) groups is 3. The molecule has 0 bridgehead atoms. The molecule has 2 aromatic carbocycles. The highest BCUT2D eigenvalue weighted by molar-refractivity contribution is 6.35. The molecule has 1 fully saturated rings. The normalized spacial score (nSPS) is 16.9. The first-order chi connectivity index (χ1) is 17.8. The van der Waals surface area contributed by atoms with Crippen molar-refractivity contribution >= 4 is 35.1 Å². The Morgan fingerprint density at radius 3 is 2.49 bits per heavy atom. The van der Waals surface area contributed by atoms with Crippen molar-refractivity contribution in [2.24, 2.45) is 0 Å². The monoisotopic (exact) mass is 496 g/mol. The predicted molar refractivity (Wildman–Crippen MR) is 145 cm³/mol. The number of amides is 3. The van der Waals surface area contributed by atoms with Crippen molar-refractivity contribution in [2.45, 2.75) is 46.1 Å². The number of likely N-dealkylation sites (tertiary alicyclic amines) is 1. The number of nitrogens with zero attached hydrogens (tertiary/aromatic N) is 1. The molecule has 0 saturated carbocycles. The van der Waals surface area contributed by atoms with Crippen LogP contribution in [0.5, 0.6) is 0 Å². The lowest BCUT2D eigenvalue weighted by molar-refractivity contribution is -0.110. The fourth-order valence-corrected chi connectivity index (χ4v) is 5.22. The molecule has 1 atom stereocenters. The summed E-state index contributed by atoms with van der Waals surface area (Å²) in [5.41, 5.74) is 6.30. The number of aromatic nitrogens is 1. The van der Waals surface area contributed by atoms with Crippen molar-refractivity contribution < 1.29 is 14.4 Å². The Morgan fingerprint density at radius 2 is 1.76 bits per heavy atom. The van der Waals surface area contributed by atoms with Gasteiger partial charge in [0.15, 0.2) is 0 Å². The Balaban J connectivity index is 1.42. The van der Waals surface area contributed by atoms with E-state index in [0.29, 0.717) is 28.0 Å². The fraction of sp³-hybridized carbons (Fsp3) is 0.300. The van der Waals surface area contributed by atoms with Gasteiger partial charge in [-0.25, -0.2) is 0 Å². The zero-order valence-electron chi connectivity index (χ0n) is 21.5. The quantitative estimate of drug-likeness (QED) is 0.422. The van der Waals surface area contributed by atoms with E-state index in [1.165, 1.54) is 0 Å². The van der Waals surface area contributed by atoms with Gasteiger partial charge in [0.25, 0.3) is 17.7 Å². The molecule has 2 aliphatic heterocycles. The number of H-pyrrole nitrogens is 1. The molecule has 0 radical (unpaired) electrons. The van der Waals surface area contributed by atoms with Crippen molar-refractivity contribution in [1.82, 2.24) is 15.2 Å². The molecule has 0 unspecified atom stereocenters. The molecule has 0 aliphatic carbocycles. The van der Waals surface area contributed by atoms with Gasteiger partial charge in [0, 0.05) is 41.3 Å². The summed E-state index contributed by atoms with van der Waals surface area (Å²) in [6.45, 7) is 7.31. The standard InChI is InChI=1S/C30H32N4O3/c1-18-26(31-20(3)27(18)30(37)34-14-8-5-9-15-34)17-24-23-16-22(12-13-25(23)33-29(24)36)28(35)32-19(2)21-10-6-4-7-11-21/h4,6-7,10-13,16-17,19,31H,5,8-9,14-15H2,1-3H3,(H,32,35)(H,33,36)/t19-/m1/s1. The third kappa shape index (κ3) is 4.81. The molecule has 1 aromatic heterocycles. The van der Waals surface area contributed by atoms with Gasteiger partial charge >= 0.3 is 0 Å². The summed E-state index contributed by atoms with van der Waals surface area (Å²) in [7, 11) is 0. The summed E-state index contributed by atoms with van der Waals surface area (Å²) in [4.78, 5) is 44.4. The highest BCUT2D eigenvalue weighted by atomic mass is 16.2. The lowest BCUT2D eigenvalue weighted by atomic mass is 10.0. The zero-order valence-corrected chi connectivity index (χ0v) is 21.5. The largest absolute Gasteiger partial charge is 0.358 e. The SMILES string of the molecule is Cc1[nH]c(C=C2C(=O)Nc3ccc(C(=O)N[C@H](C)c4ccccc4)cc32)c(C)c1C(=O)N1CCCCC1. The number of piperidine rings is 1. The molecule has 3 amide bonds. The number of aromatic amines is 1. The van der Waals surface area contributed by atoms with Crippen LogP contribution in [0.2, 0.25) is 0 Å². The van der Waals surface area contributed by atoms with Gasteiger partial charge in [-0.3, -0.25) is 14.4 Å². The van der Waals surface area contributed by atoms with E-state index in [0.717, 1.165) is 54.9 Å². The summed E-state index contributed by atoms with van der Waals surface area (Å²) < 4.78 is 0. The maximum atomic E-state index is 13.2. The molecule has 3 N–H and O–H groups in total. The molecule has 1 saturated heterocycles. The van der Waals surface area contributed by atoms with E-state index in [2.05, 4.69) is 15.6 Å². The van der Waals surface area contributed by atoms with Gasteiger partial charge in [0.05, 0.1) is 17.2 Å². The van der Waals surface area contributed by atoms with Gasteiger partial charge in [-0.05, 0) is 75.4 Å². The molecule has 190 valence electrons. The highest BCUT2D eigenvalue weighted by Crippen LogP contribution is 2.35. The van der Waals surface area contributed by atoms with Gasteiger partial charge in [0.1, 0.15) is 0 Å². The average Bonchev–Trinajstić information content (AvgIpc) is 3.38.